The number of halogens is 3. The van der Waals surface area contributed by atoms with Gasteiger partial charge in [-0.2, -0.15) is 0 Å². The van der Waals surface area contributed by atoms with E-state index in [0.29, 0.717) is 6.04 Å². The molecule has 19 heavy (non-hydrogen) atoms. The van der Waals surface area contributed by atoms with Crippen LogP contribution in [0.25, 0.3) is 0 Å². The minimum Gasteiger partial charge on any atom is -0.325 e. The van der Waals surface area contributed by atoms with E-state index in [0.717, 1.165) is 25.2 Å². The average Bonchev–Trinajstić information content (AvgIpc) is 2.20. The van der Waals surface area contributed by atoms with Crippen molar-refractivity contribution >= 4 is 24.0 Å². The molecule has 0 radical (unpaired) electrons. The maximum Gasteiger partial charge on any atom is 0.238 e. The minimum absolute atomic E-state index is 0. The van der Waals surface area contributed by atoms with Crippen LogP contribution >= 0.6 is 12.4 Å². The average molecular weight is 292 g/mol. The largest absolute Gasteiger partial charge is 0.325 e. The molecule has 0 bridgehead atoms. The number of hydrogen-bond acceptors (Lipinski definition) is 3. The molecule has 1 heterocycles. The van der Waals surface area contributed by atoms with Crippen LogP contribution in [0.4, 0.5) is 14.5 Å². The molecule has 0 aliphatic carbocycles. The molecule has 7 heteroatoms. The lowest BCUT2D eigenvalue weighted by Gasteiger charge is -2.35. The van der Waals surface area contributed by atoms with E-state index in [1.54, 1.807) is 0 Å². The Morgan fingerprint density at radius 2 is 2.11 bits per heavy atom. The summed E-state index contributed by atoms with van der Waals surface area (Å²) in [7, 11) is 1.86. The zero-order chi connectivity index (χ0) is 13.1. The molecule has 4 nitrogen and oxygen atoms in total. The number of anilines is 1. The van der Waals surface area contributed by atoms with Crippen molar-refractivity contribution in [3.8, 4) is 0 Å². The topological polar surface area (TPSA) is 44.4 Å². The molecule has 1 aromatic rings. The Balaban J connectivity index is 0.00000180. The summed E-state index contributed by atoms with van der Waals surface area (Å²) in [6, 6.07) is 3.66. The van der Waals surface area contributed by atoms with E-state index in [4.69, 9.17) is 0 Å². The number of likely N-dealkylation sites (N-methyl/N-ethyl adjacent to an activating group) is 1. The normalized spacial score (nSPS) is 14.7. The van der Waals surface area contributed by atoms with E-state index < -0.39 is 11.6 Å². The van der Waals surface area contributed by atoms with Gasteiger partial charge < -0.3 is 10.6 Å². The smallest absolute Gasteiger partial charge is 0.238 e. The van der Waals surface area contributed by atoms with Crippen molar-refractivity contribution in [3.05, 3.63) is 29.8 Å². The fourth-order valence-electron chi connectivity index (χ4n) is 1.72. The summed E-state index contributed by atoms with van der Waals surface area (Å²) in [5, 5.41) is 5.65. The van der Waals surface area contributed by atoms with Crippen molar-refractivity contribution in [3.63, 3.8) is 0 Å². The van der Waals surface area contributed by atoms with Crippen molar-refractivity contribution in [2.24, 2.45) is 0 Å². The molecule has 1 saturated heterocycles. The van der Waals surface area contributed by atoms with E-state index in [9.17, 15) is 13.6 Å². The van der Waals surface area contributed by atoms with Crippen molar-refractivity contribution in [2.45, 2.75) is 6.04 Å². The Hall–Kier alpha value is -1.24. The second kappa shape index (κ2) is 6.79. The van der Waals surface area contributed by atoms with Gasteiger partial charge in [0.05, 0.1) is 6.54 Å². The lowest BCUT2D eigenvalue weighted by molar-refractivity contribution is -0.117. The molecule has 0 unspecified atom stereocenters. The van der Waals surface area contributed by atoms with Crippen LogP contribution in [0.1, 0.15) is 0 Å². The van der Waals surface area contributed by atoms with E-state index in [1.807, 2.05) is 11.9 Å². The number of carbonyl (C=O) groups excluding carboxylic acids is 1. The zero-order valence-electron chi connectivity index (χ0n) is 10.5. The minimum atomic E-state index is -0.968. The first-order valence-corrected chi connectivity index (χ1v) is 5.72. The standard InChI is InChI=1S/C12H15F2N3O.ClH/c1-17(9-5-15-6-9)7-12(18)16-8-2-3-10(13)11(14)4-8;/h2-4,9,15H,5-7H2,1H3,(H,16,18);1H. The Kier molecular flexibility index (Phi) is 5.65. The van der Waals surface area contributed by atoms with Crippen LogP contribution in [-0.2, 0) is 4.79 Å². The van der Waals surface area contributed by atoms with Crippen LogP contribution < -0.4 is 10.6 Å². The Bertz CT molecular complexity index is 455. The number of hydrogen-bond donors (Lipinski definition) is 2. The predicted octanol–water partition coefficient (Wildman–Crippen LogP) is 1.23. The van der Waals surface area contributed by atoms with Gasteiger partial charge in [-0.15, -0.1) is 12.4 Å². The van der Waals surface area contributed by atoms with E-state index in [1.165, 1.54) is 6.07 Å². The number of amides is 1. The molecule has 1 amide bonds. The van der Waals surface area contributed by atoms with Gasteiger partial charge in [-0.05, 0) is 19.2 Å². The molecular weight excluding hydrogens is 276 g/mol. The summed E-state index contributed by atoms with van der Waals surface area (Å²) < 4.78 is 25.6. The molecule has 1 fully saturated rings. The molecule has 0 saturated carbocycles. The third kappa shape index (κ3) is 4.12. The second-order valence-corrected chi connectivity index (χ2v) is 4.40. The van der Waals surface area contributed by atoms with Gasteiger partial charge in [-0.25, -0.2) is 8.78 Å². The maximum atomic E-state index is 12.9. The van der Waals surface area contributed by atoms with Crippen molar-refractivity contribution in [1.82, 2.24) is 10.2 Å². The third-order valence-corrected chi connectivity index (χ3v) is 2.98. The first-order chi connectivity index (χ1) is 8.56. The highest BCUT2D eigenvalue weighted by atomic mass is 35.5. The number of carbonyl (C=O) groups is 1. The summed E-state index contributed by atoms with van der Waals surface area (Å²) in [4.78, 5) is 13.6. The van der Waals surface area contributed by atoms with Gasteiger partial charge in [0.2, 0.25) is 5.91 Å². The Labute approximate surface area is 116 Å². The fraction of sp³-hybridized carbons (Fsp3) is 0.417. The lowest BCUT2D eigenvalue weighted by Crippen LogP contribution is -2.57. The first kappa shape index (κ1) is 15.8. The molecule has 2 rings (SSSR count). The Morgan fingerprint density at radius 1 is 1.42 bits per heavy atom. The van der Waals surface area contributed by atoms with Crippen LogP contribution in [0, 0.1) is 11.6 Å². The molecule has 0 atom stereocenters. The summed E-state index contributed by atoms with van der Waals surface area (Å²) in [6.45, 7) is 1.97. The van der Waals surface area contributed by atoms with Crippen LogP contribution in [0.15, 0.2) is 18.2 Å². The van der Waals surface area contributed by atoms with Gasteiger partial charge in [0.25, 0.3) is 0 Å². The lowest BCUT2D eigenvalue weighted by atomic mass is 10.1. The quantitative estimate of drug-likeness (QED) is 0.877. The Morgan fingerprint density at radius 3 is 2.63 bits per heavy atom. The maximum absolute atomic E-state index is 12.9. The zero-order valence-corrected chi connectivity index (χ0v) is 11.3. The number of rotatable bonds is 4. The number of benzene rings is 1. The molecule has 1 aliphatic heterocycles. The summed E-state index contributed by atoms with van der Waals surface area (Å²) in [5.74, 6) is -2.13. The van der Waals surface area contributed by atoms with Gasteiger partial charge in [0.15, 0.2) is 11.6 Å². The molecule has 1 aliphatic rings. The van der Waals surface area contributed by atoms with E-state index >= 15 is 0 Å². The van der Waals surface area contributed by atoms with E-state index in [2.05, 4.69) is 10.6 Å². The molecule has 1 aromatic carbocycles. The monoisotopic (exact) mass is 291 g/mol. The van der Waals surface area contributed by atoms with Gasteiger partial charge in [0.1, 0.15) is 0 Å². The third-order valence-electron chi connectivity index (χ3n) is 2.98. The van der Waals surface area contributed by atoms with Crippen LogP contribution in [0.3, 0.4) is 0 Å². The highest BCUT2D eigenvalue weighted by molar-refractivity contribution is 5.92. The number of nitrogens with one attached hydrogen (secondary N) is 2. The summed E-state index contributed by atoms with van der Waals surface area (Å²) in [6.07, 6.45) is 0. The van der Waals surface area contributed by atoms with Crippen molar-refractivity contribution < 1.29 is 13.6 Å². The highest BCUT2D eigenvalue weighted by Gasteiger charge is 2.22. The second-order valence-electron chi connectivity index (χ2n) is 4.40. The first-order valence-electron chi connectivity index (χ1n) is 5.72. The van der Waals surface area contributed by atoms with Gasteiger partial charge in [-0.1, -0.05) is 0 Å². The van der Waals surface area contributed by atoms with Gasteiger partial charge in [-0.3, -0.25) is 9.69 Å². The van der Waals surface area contributed by atoms with Crippen LogP contribution in [-0.4, -0.2) is 43.5 Å². The van der Waals surface area contributed by atoms with Gasteiger partial charge >= 0.3 is 0 Å². The van der Waals surface area contributed by atoms with Crippen molar-refractivity contribution in [2.75, 3.05) is 32.0 Å². The van der Waals surface area contributed by atoms with Crippen molar-refractivity contribution in [1.29, 1.82) is 0 Å². The van der Waals surface area contributed by atoms with Gasteiger partial charge in [0, 0.05) is 30.9 Å². The molecule has 0 spiro atoms. The molecule has 2 N–H and O–H groups in total. The van der Waals surface area contributed by atoms with E-state index in [-0.39, 0.29) is 30.5 Å². The molecule has 0 aromatic heterocycles. The predicted molar refractivity (Wildman–Crippen MR) is 71.5 cm³/mol. The van der Waals surface area contributed by atoms with Crippen LogP contribution in [0.2, 0.25) is 0 Å². The summed E-state index contributed by atoms with van der Waals surface area (Å²) >= 11 is 0. The number of nitrogens with zero attached hydrogens (tertiary/aromatic N) is 1. The van der Waals surface area contributed by atoms with Crippen LogP contribution in [0.5, 0.6) is 0 Å². The molecular formula is C12H16ClF2N3O. The summed E-state index contributed by atoms with van der Waals surface area (Å²) in [5.41, 5.74) is 0.263. The molecule has 106 valence electrons. The fourth-order valence-corrected chi connectivity index (χ4v) is 1.72. The SMILES string of the molecule is CN(CC(=O)Nc1ccc(F)c(F)c1)C1CNC1.Cl. The highest BCUT2D eigenvalue weighted by Crippen LogP contribution is 2.13.